The molecule has 0 saturated heterocycles. The van der Waals surface area contributed by atoms with Crippen LogP contribution in [-0.2, 0) is 6.54 Å². The smallest absolute Gasteiger partial charge is 0.123 e. The molecule has 2 heteroatoms. The number of hydrogen-bond donors (Lipinski definition) is 1. The van der Waals surface area contributed by atoms with Crippen molar-refractivity contribution in [2.45, 2.75) is 25.4 Å². The predicted molar refractivity (Wildman–Crippen MR) is 74.2 cm³/mol. The van der Waals surface area contributed by atoms with Gasteiger partial charge < -0.3 is 5.32 Å². The van der Waals surface area contributed by atoms with Gasteiger partial charge in [0, 0.05) is 12.6 Å². The lowest BCUT2D eigenvalue weighted by Gasteiger charge is -2.48. The largest absolute Gasteiger partial charge is 0.309 e. The molecular weight excluding hydrogens is 249 g/mol. The van der Waals surface area contributed by atoms with Crippen molar-refractivity contribution >= 4 is 0 Å². The molecule has 20 heavy (non-hydrogen) atoms. The van der Waals surface area contributed by atoms with Gasteiger partial charge in [-0.25, -0.2) is 4.39 Å². The lowest BCUT2D eigenvalue weighted by molar-refractivity contribution is 0.00939. The van der Waals surface area contributed by atoms with Gasteiger partial charge in [0.1, 0.15) is 5.82 Å². The van der Waals surface area contributed by atoms with Gasteiger partial charge in [0.05, 0.1) is 0 Å². The summed E-state index contributed by atoms with van der Waals surface area (Å²) < 4.78 is 13.3. The summed E-state index contributed by atoms with van der Waals surface area (Å²) in [5, 5.41) is 3.84. The third kappa shape index (κ3) is 1.02. The average molecular weight is 269 g/mol. The van der Waals surface area contributed by atoms with E-state index in [1.54, 1.807) is 18.9 Å². The number of rotatable bonds is 3. The van der Waals surface area contributed by atoms with Crippen molar-refractivity contribution in [3.63, 3.8) is 0 Å². The Kier molecular flexibility index (Phi) is 1.78. The van der Waals surface area contributed by atoms with Crippen LogP contribution in [0.1, 0.15) is 18.4 Å². The third-order valence-corrected chi connectivity index (χ3v) is 7.75. The zero-order valence-corrected chi connectivity index (χ0v) is 11.5. The highest BCUT2D eigenvalue weighted by molar-refractivity contribution is 5.29. The first-order chi connectivity index (χ1) is 9.83. The zero-order valence-electron chi connectivity index (χ0n) is 11.5. The molecule has 2 bridgehead atoms. The number of nitrogens with one attached hydrogen (secondary N) is 1. The monoisotopic (exact) mass is 269 g/mol. The second-order valence-electron chi connectivity index (χ2n) is 7.97. The minimum Gasteiger partial charge on any atom is -0.309 e. The molecule has 5 aliphatic carbocycles. The van der Waals surface area contributed by atoms with E-state index in [1.165, 1.54) is 6.07 Å². The molecule has 5 saturated carbocycles. The SMILES string of the molecule is Fc1cccc(CN[C@@H]2C3C4CC5C6C4CC3C6C52)c1. The molecule has 0 aliphatic heterocycles. The summed E-state index contributed by atoms with van der Waals surface area (Å²) in [7, 11) is 0. The molecule has 0 heterocycles. The van der Waals surface area contributed by atoms with Crippen LogP contribution in [0.25, 0.3) is 0 Å². The highest BCUT2D eigenvalue weighted by atomic mass is 19.1. The number of benzene rings is 1. The molecule has 0 aromatic heterocycles. The fourth-order valence-corrected chi connectivity index (χ4v) is 7.63. The summed E-state index contributed by atoms with van der Waals surface area (Å²) in [5.74, 6) is 8.33. The Morgan fingerprint density at radius 3 is 2.60 bits per heavy atom. The quantitative estimate of drug-likeness (QED) is 0.889. The second kappa shape index (κ2) is 3.30. The maximum atomic E-state index is 13.3. The molecule has 1 aromatic rings. The van der Waals surface area contributed by atoms with E-state index in [0.29, 0.717) is 0 Å². The van der Waals surface area contributed by atoms with E-state index < -0.39 is 0 Å². The van der Waals surface area contributed by atoms with Crippen LogP contribution in [0.4, 0.5) is 4.39 Å². The fourth-order valence-electron chi connectivity index (χ4n) is 7.63. The van der Waals surface area contributed by atoms with Gasteiger partial charge >= 0.3 is 0 Å². The molecule has 6 rings (SSSR count). The predicted octanol–water partition coefficient (Wildman–Crippen LogP) is 3.06. The van der Waals surface area contributed by atoms with Crippen LogP contribution in [0, 0.1) is 53.2 Å². The van der Waals surface area contributed by atoms with Crippen molar-refractivity contribution in [2.24, 2.45) is 47.3 Å². The number of fused-ring (bicyclic) bond motifs is 2. The van der Waals surface area contributed by atoms with Gasteiger partial charge in [0.2, 0.25) is 0 Å². The number of halogens is 1. The maximum Gasteiger partial charge on any atom is 0.123 e. The van der Waals surface area contributed by atoms with E-state index in [0.717, 1.165) is 65.5 Å². The van der Waals surface area contributed by atoms with Crippen molar-refractivity contribution < 1.29 is 4.39 Å². The van der Waals surface area contributed by atoms with Gasteiger partial charge in [-0.3, -0.25) is 0 Å². The molecule has 5 aliphatic rings. The van der Waals surface area contributed by atoms with Crippen LogP contribution in [0.15, 0.2) is 24.3 Å². The van der Waals surface area contributed by atoms with Crippen LogP contribution >= 0.6 is 0 Å². The molecular formula is C18H20FN. The standard InChI is InChI=1S/C18H20FN/c19-9-3-1-2-8(4-9)7-20-18-15-11-6-12-14-10(11)5-13(15)16(14)17(12)18/h1-4,10-18,20H,5-7H2/t10?,11?,12?,13?,14?,15?,16?,17?,18-/m1/s1. The van der Waals surface area contributed by atoms with E-state index >= 15 is 0 Å². The first-order valence-electron chi connectivity index (χ1n) is 8.31. The Morgan fingerprint density at radius 2 is 1.75 bits per heavy atom. The molecule has 5 fully saturated rings. The zero-order chi connectivity index (χ0) is 13.0. The van der Waals surface area contributed by atoms with Crippen LogP contribution < -0.4 is 5.32 Å². The van der Waals surface area contributed by atoms with Gasteiger partial charge in [0.15, 0.2) is 0 Å². The summed E-state index contributed by atoms with van der Waals surface area (Å²) in [6.07, 6.45) is 3.10. The summed E-state index contributed by atoms with van der Waals surface area (Å²) >= 11 is 0. The lowest BCUT2D eigenvalue weighted by atomic mass is 9.59. The van der Waals surface area contributed by atoms with Crippen molar-refractivity contribution in [2.75, 3.05) is 0 Å². The van der Waals surface area contributed by atoms with E-state index in [4.69, 9.17) is 0 Å². The van der Waals surface area contributed by atoms with Gasteiger partial charge in [-0.15, -0.1) is 0 Å². The van der Waals surface area contributed by atoms with Gasteiger partial charge in [0.25, 0.3) is 0 Å². The van der Waals surface area contributed by atoms with E-state index in [-0.39, 0.29) is 5.82 Å². The Bertz CT molecular complexity index is 593. The van der Waals surface area contributed by atoms with Crippen molar-refractivity contribution in [1.82, 2.24) is 5.32 Å². The van der Waals surface area contributed by atoms with Gasteiger partial charge in [-0.1, -0.05) is 12.1 Å². The minimum atomic E-state index is -0.108. The van der Waals surface area contributed by atoms with Crippen LogP contribution in [0.3, 0.4) is 0 Å². The molecule has 8 unspecified atom stereocenters. The normalized spacial score (nSPS) is 55.8. The maximum absolute atomic E-state index is 13.3. The highest BCUT2D eigenvalue weighted by Gasteiger charge is 2.80. The van der Waals surface area contributed by atoms with Crippen LogP contribution in [0.5, 0.6) is 0 Å². The molecule has 1 nitrogen and oxygen atoms in total. The molecule has 9 atom stereocenters. The van der Waals surface area contributed by atoms with Crippen LogP contribution in [-0.4, -0.2) is 6.04 Å². The van der Waals surface area contributed by atoms with E-state index in [1.807, 2.05) is 12.1 Å². The van der Waals surface area contributed by atoms with Gasteiger partial charge in [-0.05, 0) is 77.9 Å². The first kappa shape index (κ1) is 10.8. The molecule has 0 spiro atoms. The average Bonchev–Trinajstić information content (AvgIpc) is 2.95. The Morgan fingerprint density at radius 1 is 0.950 bits per heavy atom. The summed E-state index contributed by atoms with van der Waals surface area (Å²) in [6.45, 7) is 0.851. The fraction of sp³-hybridized carbons (Fsp3) is 0.667. The minimum absolute atomic E-state index is 0.108. The number of hydrogen-bond acceptors (Lipinski definition) is 1. The summed E-state index contributed by atoms with van der Waals surface area (Å²) in [6, 6.07) is 7.83. The van der Waals surface area contributed by atoms with Gasteiger partial charge in [-0.2, -0.15) is 0 Å². The molecule has 0 amide bonds. The Labute approximate surface area is 118 Å². The lowest BCUT2D eigenvalue weighted by Crippen LogP contribution is -2.51. The second-order valence-corrected chi connectivity index (χ2v) is 7.97. The van der Waals surface area contributed by atoms with Crippen molar-refractivity contribution in [3.8, 4) is 0 Å². The molecule has 104 valence electrons. The Balaban J connectivity index is 1.27. The summed E-state index contributed by atoms with van der Waals surface area (Å²) in [4.78, 5) is 0. The van der Waals surface area contributed by atoms with E-state index in [9.17, 15) is 4.39 Å². The van der Waals surface area contributed by atoms with Crippen molar-refractivity contribution in [1.29, 1.82) is 0 Å². The van der Waals surface area contributed by atoms with E-state index in [2.05, 4.69) is 5.32 Å². The van der Waals surface area contributed by atoms with Crippen molar-refractivity contribution in [3.05, 3.63) is 35.6 Å². The third-order valence-electron chi connectivity index (χ3n) is 7.75. The highest BCUT2D eigenvalue weighted by Crippen LogP contribution is 2.82. The van der Waals surface area contributed by atoms with Crippen LogP contribution in [0.2, 0.25) is 0 Å². The Hall–Kier alpha value is -0.890. The molecule has 0 radical (unpaired) electrons. The summed E-state index contributed by atoms with van der Waals surface area (Å²) in [5.41, 5.74) is 1.10. The topological polar surface area (TPSA) is 12.0 Å². The first-order valence-corrected chi connectivity index (χ1v) is 8.31. The molecule has 1 N–H and O–H groups in total. The molecule has 1 aromatic carbocycles.